The van der Waals surface area contributed by atoms with Crippen LogP contribution in [-0.4, -0.2) is 6.54 Å². The van der Waals surface area contributed by atoms with Crippen molar-refractivity contribution in [3.8, 4) is 0 Å². The van der Waals surface area contributed by atoms with Gasteiger partial charge in [0.25, 0.3) is 0 Å². The summed E-state index contributed by atoms with van der Waals surface area (Å²) in [5.41, 5.74) is 2.90. The highest BCUT2D eigenvalue weighted by Gasteiger charge is 2.11. The highest BCUT2D eigenvalue weighted by atomic mass is 14.9. The lowest BCUT2D eigenvalue weighted by Crippen LogP contribution is -2.21. The average Bonchev–Trinajstić information content (AvgIpc) is 2.38. The van der Waals surface area contributed by atoms with Crippen molar-refractivity contribution in [2.24, 2.45) is 0 Å². The van der Waals surface area contributed by atoms with E-state index < -0.39 is 0 Å². The molecule has 0 spiro atoms. The molecule has 1 N–H and O–H groups in total. The monoisotopic (exact) mass is 247 g/mol. The Morgan fingerprint density at radius 1 is 1.00 bits per heavy atom. The van der Waals surface area contributed by atoms with E-state index in [0.717, 1.165) is 6.54 Å². The molecule has 18 heavy (non-hydrogen) atoms. The van der Waals surface area contributed by atoms with Crippen molar-refractivity contribution >= 4 is 0 Å². The number of aryl methyl sites for hydroxylation is 1. The Hall–Kier alpha value is -0.820. The molecule has 1 aromatic rings. The van der Waals surface area contributed by atoms with Crippen molar-refractivity contribution in [1.82, 2.24) is 5.32 Å². The number of nitrogens with one attached hydrogen (secondary N) is 1. The molecule has 0 aromatic heterocycles. The van der Waals surface area contributed by atoms with Crippen LogP contribution in [-0.2, 0) is 0 Å². The summed E-state index contributed by atoms with van der Waals surface area (Å²) in [5.74, 6) is 0. The summed E-state index contributed by atoms with van der Waals surface area (Å²) in [6.45, 7) is 7.74. The first-order valence-corrected chi connectivity index (χ1v) is 7.58. The molecule has 0 radical (unpaired) electrons. The van der Waals surface area contributed by atoms with Gasteiger partial charge in [-0.15, -0.1) is 0 Å². The Labute approximate surface area is 113 Å². The fraction of sp³-hybridized carbons (Fsp3) is 0.647. The van der Waals surface area contributed by atoms with Crippen LogP contribution in [0, 0.1) is 6.92 Å². The van der Waals surface area contributed by atoms with Gasteiger partial charge in [0.1, 0.15) is 0 Å². The Bertz CT molecular complexity index is 319. The Morgan fingerprint density at radius 2 is 1.72 bits per heavy atom. The minimum Gasteiger partial charge on any atom is -0.310 e. The SMILES string of the molecule is CCCCCCCC(NCC)c1ccccc1C. The summed E-state index contributed by atoms with van der Waals surface area (Å²) >= 11 is 0. The van der Waals surface area contributed by atoms with Crippen LogP contribution in [0.2, 0.25) is 0 Å². The third kappa shape index (κ3) is 5.22. The maximum absolute atomic E-state index is 3.63. The van der Waals surface area contributed by atoms with E-state index in [1.165, 1.54) is 49.7 Å². The lowest BCUT2D eigenvalue weighted by atomic mass is 9.96. The standard InChI is InChI=1S/C17H29N/c1-4-6-7-8-9-14-17(18-5-2)16-13-11-10-12-15(16)3/h10-13,17-18H,4-9,14H2,1-3H3. The minimum atomic E-state index is 0.540. The highest BCUT2D eigenvalue weighted by molar-refractivity contribution is 5.28. The second-order valence-corrected chi connectivity index (χ2v) is 5.17. The first kappa shape index (κ1) is 15.2. The number of benzene rings is 1. The number of unbranched alkanes of at least 4 members (excludes halogenated alkanes) is 4. The van der Waals surface area contributed by atoms with Gasteiger partial charge in [0.2, 0.25) is 0 Å². The molecule has 0 bridgehead atoms. The molecule has 0 aliphatic heterocycles. The smallest absolute Gasteiger partial charge is 0.0322 e. The van der Waals surface area contributed by atoms with Crippen molar-refractivity contribution in [2.75, 3.05) is 6.54 Å². The zero-order chi connectivity index (χ0) is 13.2. The normalized spacial score (nSPS) is 12.6. The molecule has 1 heteroatoms. The van der Waals surface area contributed by atoms with Crippen molar-refractivity contribution in [2.45, 2.75) is 65.3 Å². The second-order valence-electron chi connectivity index (χ2n) is 5.17. The van der Waals surface area contributed by atoms with E-state index in [0.29, 0.717) is 6.04 Å². The van der Waals surface area contributed by atoms with E-state index in [2.05, 4.69) is 50.4 Å². The van der Waals surface area contributed by atoms with Gasteiger partial charge < -0.3 is 5.32 Å². The zero-order valence-electron chi connectivity index (χ0n) is 12.3. The molecule has 102 valence electrons. The van der Waals surface area contributed by atoms with E-state index >= 15 is 0 Å². The molecule has 1 rings (SSSR count). The van der Waals surface area contributed by atoms with Crippen LogP contribution in [0.4, 0.5) is 0 Å². The zero-order valence-corrected chi connectivity index (χ0v) is 12.3. The first-order chi connectivity index (χ1) is 8.79. The maximum Gasteiger partial charge on any atom is 0.0322 e. The number of hydrogen-bond acceptors (Lipinski definition) is 1. The third-order valence-electron chi connectivity index (χ3n) is 3.61. The maximum atomic E-state index is 3.63. The topological polar surface area (TPSA) is 12.0 Å². The molecule has 0 aliphatic rings. The van der Waals surface area contributed by atoms with Crippen molar-refractivity contribution in [1.29, 1.82) is 0 Å². The fourth-order valence-electron chi connectivity index (χ4n) is 2.54. The van der Waals surface area contributed by atoms with Gasteiger partial charge in [-0.25, -0.2) is 0 Å². The average molecular weight is 247 g/mol. The molecule has 1 unspecified atom stereocenters. The molecule has 0 saturated heterocycles. The van der Waals surface area contributed by atoms with Gasteiger partial charge >= 0.3 is 0 Å². The van der Waals surface area contributed by atoms with Gasteiger partial charge in [0, 0.05) is 6.04 Å². The quantitative estimate of drug-likeness (QED) is 0.605. The molecular weight excluding hydrogens is 218 g/mol. The highest BCUT2D eigenvalue weighted by Crippen LogP contribution is 2.23. The van der Waals surface area contributed by atoms with Crippen LogP contribution in [0.15, 0.2) is 24.3 Å². The summed E-state index contributed by atoms with van der Waals surface area (Å²) in [6.07, 6.45) is 8.09. The molecular formula is C17H29N. The molecule has 1 atom stereocenters. The molecule has 0 fully saturated rings. The van der Waals surface area contributed by atoms with E-state index in [1.807, 2.05) is 0 Å². The Kier molecular flexibility index (Phi) is 7.75. The molecule has 1 nitrogen and oxygen atoms in total. The summed E-state index contributed by atoms with van der Waals surface area (Å²) in [5, 5.41) is 3.63. The van der Waals surface area contributed by atoms with Crippen molar-refractivity contribution in [3.05, 3.63) is 35.4 Å². The largest absolute Gasteiger partial charge is 0.310 e. The predicted molar refractivity (Wildman–Crippen MR) is 81.0 cm³/mol. The van der Waals surface area contributed by atoms with Gasteiger partial charge in [-0.1, -0.05) is 70.2 Å². The van der Waals surface area contributed by atoms with Crippen LogP contribution in [0.5, 0.6) is 0 Å². The van der Waals surface area contributed by atoms with Crippen LogP contribution >= 0.6 is 0 Å². The van der Waals surface area contributed by atoms with E-state index in [9.17, 15) is 0 Å². The van der Waals surface area contributed by atoms with Crippen LogP contribution in [0.3, 0.4) is 0 Å². The first-order valence-electron chi connectivity index (χ1n) is 7.58. The van der Waals surface area contributed by atoms with Gasteiger partial charge in [0.05, 0.1) is 0 Å². The molecule has 0 aliphatic carbocycles. The summed E-state index contributed by atoms with van der Waals surface area (Å²) in [7, 11) is 0. The Balaban J connectivity index is 2.47. The van der Waals surface area contributed by atoms with Crippen LogP contribution in [0.1, 0.15) is 69.5 Å². The van der Waals surface area contributed by atoms with Gasteiger partial charge in [0.15, 0.2) is 0 Å². The fourth-order valence-corrected chi connectivity index (χ4v) is 2.54. The second kappa shape index (κ2) is 9.16. The molecule has 1 aromatic carbocycles. The molecule has 0 saturated carbocycles. The van der Waals surface area contributed by atoms with E-state index in [1.54, 1.807) is 0 Å². The lowest BCUT2D eigenvalue weighted by Gasteiger charge is -2.20. The van der Waals surface area contributed by atoms with Gasteiger partial charge in [-0.2, -0.15) is 0 Å². The van der Waals surface area contributed by atoms with Crippen LogP contribution < -0.4 is 5.32 Å². The molecule has 0 heterocycles. The van der Waals surface area contributed by atoms with Crippen molar-refractivity contribution < 1.29 is 0 Å². The third-order valence-corrected chi connectivity index (χ3v) is 3.61. The van der Waals surface area contributed by atoms with Crippen LogP contribution in [0.25, 0.3) is 0 Å². The summed E-state index contributed by atoms with van der Waals surface area (Å²) < 4.78 is 0. The Morgan fingerprint density at radius 3 is 2.39 bits per heavy atom. The lowest BCUT2D eigenvalue weighted by molar-refractivity contribution is 0.477. The predicted octanol–water partition coefficient (Wildman–Crippen LogP) is 5.01. The van der Waals surface area contributed by atoms with E-state index in [-0.39, 0.29) is 0 Å². The van der Waals surface area contributed by atoms with Gasteiger partial charge in [-0.3, -0.25) is 0 Å². The van der Waals surface area contributed by atoms with E-state index in [4.69, 9.17) is 0 Å². The number of hydrogen-bond donors (Lipinski definition) is 1. The van der Waals surface area contributed by atoms with Crippen molar-refractivity contribution in [3.63, 3.8) is 0 Å². The number of rotatable bonds is 9. The molecule has 0 amide bonds. The van der Waals surface area contributed by atoms with Gasteiger partial charge in [-0.05, 0) is 31.0 Å². The summed E-state index contributed by atoms with van der Waals surface area (Å²) in [4.78, 5) is 0. The summed E-state index contributed by atoms with van der Waals surface area (Å²) in [6, 6.07) is 9.32. The minimum absolute atomic E-state index is 0.540.